The van der Waals surface area contributed by atoms with Gasteiger partial charge in [0.05, 0.1) is 0 Å². The first-order valence-electron chi connectivity index (χ1n) is 8.30. The van der Waals surface area contributed by atoms with Crippen LogP contribution in [-0.4, -0.2) is 13.1 Å². The van der Waals surface area contributed by atoms with E-state index in [4.69, 9.17) is 0 Å². The van der Waals surface area contributed by atoms with Crippen molar-refractivity contribution in [2.75, 3.05) is 7.05 Å². The van der Waals surface area contributed by atoms with Crippen LogP contribution in [-0.2, 0) is 11.8 Å². The molecule has 21 heavy (non-hydrogen) atoms. The second kappa shape index (κ2) is 6.96. The highest BCUT2D eigenvalue weighted by atomic mass is 14.9. The molecule has 2 unspecified atom stereocenters. The van der Waals surface area contributed by atoms with Crippen LogP contribution in [0.3, 0.4) is 0 Å². The molecular formula is C20H35N. The molecule has 1 rings (SSSR count). The summed E-state index contributed by atoms with van der Waals surface area (Å²) in [6, 6.07) is 9.73. The molecular weight excluding hydrogens is 254 g/mol. The van der Waals surface area contributed by atoms with Gasteiger partial charge < -0.3 is 5.32 Å². The predicted molar refractivity (Wildman–Crippen MR) is 94.9 cm³/mol. The third-order valence-electron chi connectivity index (χ3n) is 4.83. The molecule has 1 heteroatoms. The molecule has 1 aromatic carbocycles. The van der Waals surface area contributed by atoms with Gasteiger partial charge in [-0.15, -0.1) is 0 Å². The zero-order valence-corrected chi connectivity index (χ0v) is 15.4. The third kappa shape index (κ3) is 5.82. The fourth-order valence-corrected chi connectivity index (χ4v) is 2.51. The van der Waals surface area contributed by atoms with Crippen LogP contribution in [0.1, 0.15) is 66.0 Å². The average molecular weight is 290 g/mol. The highest BCUT2D eigenvalue weighted by molar-refractivity contribution is 5.28. The topological polar surface area (TPSA) is 12.0 Å². The van der Waals surface area contributed by atoms with Gasteiger partial charge in [-0.2, -0.15) is 0 Å². The van der Waals surface area contributed by atoms with Crippen LogP contribution in [0.15, 0.2) is 24.3 Å². The van der Waals surface area contributed by atoms with Crippen molar-refractivity contribution in [1.29, 1.82) is 0 Å². The van der Waals surface area contributed by atoms with E-state index in [-0.39, 0.29) is 5.41 Å². The molecule has 0 saturated heterocycles. The zero-order chi connectivity index (χ0) is 16.3. The van der Waals surface area contributed by atoms with Gasteiger partial charge in [-0.25, -0.2) is 0 Å². The quantitative estimate of drug-likeness (QED) is 0.787. The van der Waals surface area contributed by atoms with E-state index in [1.807, 2.05) is 0 Å². The highest BCUT2D eigenvalue weighted by Gasteiger charge is 2.23. The summed E-state index contributed by atoms with van der Waals surface area (Å²) in [5.41, 5.74) is 3.46. The second-order valence-corrected chi connectivity index (χ2v) is 8.64. The molecule has 2 atom stereocenters. The van der Waals surface area contributed by atoms with Crippen LogP contribution < -0.4 is 5.32 Å². The number of likely N-dealkylation sites (N-methyl/N-ethyl adjacent to an activating group) is 1. The second-order valence-electron chi connectivity index (χ2n) is 8.64. The standard InChI is InChI=1S/C20H35N/c1-15(19(2,3)4)13-18(21-8)14-16-9-11-17(12-10-16)20(5,6)7/h9-12,15,18,21H,13-14H2,1-8H3. The molecule has 1 N–H and O–H groups in total. The molecule has 0 radical (unpaired) electrons. The summed E-state index contributed by atoms with van der Waals surface area (Å²) in [6.45, 7) is 16.2. The Morgan fingerprint density at radius 1 is 0.952 bits per heavy atom. The van der Waals surface area contributed by atoms with Gasteiger partial charge in [-0.3, -0.25) is 0 Å². The fraction of sp³-hybridized carbons (Fsp3) is 0.700. The summed E-state index contributed by atoms with van der Waals surface area (Å²) in [7, 11) is 2.09. The van der Waals surface area contributed by atoms with Crippen molar-refractivity contribution >= 4 is 0 Å². The number of hydrogen-bond acceptors (Lipinski definition) is 1. The fourth-order valence-electron chi connectivity index (χ4n) is 2.51. The van der Waals surface area contributed by atoms with Crippen molar-refractivity contribution in [3.8, 4) is 0 Å². The van der Waals surface area contributed by atoms with Gasteiger partial charge in [0.1, 0.15) is 0 Å². The average Bonchev–Trinajstić information content (AvgIpc) is 2.36. The van der Waals surface area contributed by atoms with E-state index >= 15 is 0 Å². The summed E-state index contributed by atoms with van der Waals surface area (Å²) < 4.78 is 0. The molecule has 0 aliphatic carbocycles. The number of nitrogens with one attached hydrogen (secondary N) is 1. The third-order valence-corrected chi connectivity index (χ3v) is 4.83. The maximum Gasteiger partial charge on any atom is 0.0107 e. The minimum atomic E-state index is 0.238. The van der Waals surface area contributed by atoms with Gasteiger partial charge in [0.2, 0.25) is 0 Å². The van der Waals surface area contributed by atoms with Crippen molar-refractivity contribution in [1.82, 2.24) is 5.32 Å². The van der Waals surface area contributed by atoms with Crippen molar-refractivity contribution < 1.29 is 0 Å². The lowest BCUT2D eigenvalue weighted by molar-refractivity contribution is 0.225. The Kier molecular flexibility index (Phi) is 6.04. The lowest BCUT2D eigenvalue weighted by Crippen LogP contribution is -2.33. The summed E-state index contributed by atoms with van der Waals surface area (Å²) >= 11 is 0. The Hall–Kier alpha value is -0.820. The Morgan fingerprint density at radius 2 is 1.48 bits per heavy atom. The normalized spacial score (nSPS) is 15.8. The van der Waals surface area contributed by atoms with E-state index in [2.05, 4.69) is 85.1 Å². The molecule has 0 amide bonds. The molecule has 0 aliphatic heterocycles. The van der Waals surface area contributed by atoms with Gasteiger partial charge in [-0.1, -0.05) is 72.7 Å². The Bertz CT molecular complexity index is 417. The number of rotatable bonds is 5. The zero-order valence-electron chi connectivity index (χ0n) is 15.4. The van der Waals surface area contributed by atoms with E-state index in [1.54, 1.807) is 0 Å². The van der Waals surface area contributed by atoms with E-state index in [1.165, 1.54) is 17.5 Å². The predicted octanol–water partition coefficient (Wildman–Crippen LogP) is 5.19. The Balaban J connectivity index is 2.70. The monoisotopic (exact) mass is 289 g/mol. The maximum absolute atomic E-state index is 3.50. The molecule has 0 heterocycles. The molecule has 1 aromatic rings. The molecule has 0 aliphatic rings. The summed E-state index contributed by atoms with van der Waals surface area (Å²) in [5.74, 6) is 0.712. The van der Waals surface area contributed by atoms with E-state index in [0.717, 1.165) is 6.42 Å². The summed E-state index contributed by atoms with van der Waals surface area (Å²) in [6.07, 6.45) is 2.34. The first-order chi connectivity index (χ1) is 9.54. The lowest BCUT2D eigenvalue weighted by Gasteiger charge is -2.31. The van der Waals surface area contributed by atoms with Gasteiger partial charge in [0.15, 0.2) is 0 Å². The minimum Gasteiger partial charge on any atom is -0.317 e. The minimum absolute atomic E-state index is 0.238. The van der Waals surface area contributed by atoms with Crippen LogP contribution in [0.25, 0.3) is 0 Å². The van der Waals surface area contributed by atoms with E-state index in [9.17, 15) is 0 Å². The van der Waals surface area contributed by atoms with Crippen molar-refractivity contribution in [2.45, 2.75) is 72.8 Å². The summed E-state index contributed by atoms with van der Waals surface area (Å²) in [4.78, 5) is 0. The SMILES string of the molecule is CNC(Cc1ccc(C(C)(C)C)cc1)CC(C)C(C)(C)C. The largest absolute Gasteiger partial charge is 0.317 e. The lowest BCUT2D eigenvalue weighted by atomic mass is 9.77. The first kappa shape index (κ1) is 18.2. The van der Waals surface area contributed by atoms with Crippen LogP contribution in [0.5, 0.6) is 0 Å². The first-order valence-corrected chi connectivity index (χ1v) is 8.30. The Morgan fingerprint density at radius 3 is 1.86 bits per heavy atom. The molecule has 0 bridgehead atoms. The van der Waals surface area contributed by atoms with Crippen LogP contribution in [0.2, 0.25) is 0 Å². The molecule has 120 valence electrons. The van der Waals surface area contributed by atoms with Crippen LogP contribution >= 0.6 is 0 Å². The van der Waals surface area contributed by atoms with Crippen LogP contribution in [0, 0.1) is 11.3 Å². The molecule has 0 spiro atoms. The molecule has 1 nitrogen and oxygen atoms in total. The van der Waals surface area contributed by atoms with Crippen molar-refractivity contribution in [3.05, 3.63) is 35.4 Å². The smallest absolute Gasteiger partial charge is 0.0107 e. The number of hydrogen-bond donors (Lipinski definition) is 1. The molecule has 0 saturated carbocycles. The van der Waals surface area contributed by atoms with Gasteiger partial charge in [0, 0.05) is 6.04 Å². The van der Waals surface area contributed by atoms with Crippen LogP contribution in [0.4, 0.5) is 0 Å². The van der Waals surface area contributed by atoms with Crippen molar-refractivity contribution in [3.63, 3.8) is 0 Å². The van der Waals surface area contributed by atoms with Gasteiger partial charge in [-0.05, 0) is 47.8 Å². The van der Waals surface area contributed by atoms with Gasteiger partial charge >= 0.3 is 0 Å². The van der Waals surface area contributed by atoms with Gasteiger partial charge in [0.25, 0.3) is 0 Å². The van der Waals surface area contributed by atoms with E-state index < -0.39 is 0 Å². The molecule has 0 aromatic heterocycles. The van der Waals surface area contributed by atoms with E-state index in [0.29, 0.717) is 17.4 Å². The Labute approximate surface area is 132 Å². The highest BCUT2D eigenvalue weighted by Crippen LogP contribution is 2.30. The number of benzene rings is 1. The van der Waals surface area contributed by atoms with Crippen molar-refractivity contribution in [2.24, 2.45) is 11.3 Å². The maximum atomic E-state index is 3.50. The summed E-state index contributed by atoms with van der Waals surface area (Å²) in [5, 5.41) is 3.50. The molecule has 0 fully saturated rings.